The van der Waals surface area contributed by atoms with Crippen molar-refractivity contribution in [3.63, 3.8) is 0 Å². The van der Waals surface area contributed by atoms with E-state index in [0.717, 1.165) is 16.9 Å². The van der Waals surface area contributed by atoms with E-state index in [4.69, 9.17) is 5.21 Å². The summed E-state index contributed by atoms with van der Waals surface area (Å²) >= 11 is 1.00. The SMILES string of the molecule is Cc1ccc(S(=O)(=O)NC(C)c2ncc(C(=O)NO)s2)cc1. The van der Waals surface area contributed by atoms with Gasteiger partial charge in [-0.2, -0.15) is 0 Å². The number of carbonyl (C=O) groups excluding carboxylic acids is 1. The van der Waals surface area contributed by atoms with Crippen molar-refractivity contribution < 1.29 is 18.4 Å². The van der Waals surface area contributed by atoms with E-state index in [1.54, 1.807) is 19.1 Å². The number of hydrogen-bond donors (Lipinski definition) is 3. The minimum absolute atomic E-state index is 0.162. The van der Waals surface area contributed by atoms with Crippen molar-refractivity contribution in [2.75, 3.05) is 0 Å². The average molecular weight is 341 g/mol. The highest BCUT2D eigenvalue weighted by molar-refractivity contribution is 7.89. The zero-order valence-electron chi connectivity index (χ0n) is 11.9. The number of thiazole rings is 1. The molecule has 0 saturated carbocycles. The molecule has 3 N–H and O–H groups in total. The lowest BCUT2D eigenvalue weighted by Gasteiger charge is -2.12. The van der Waals surface area contributed by atoms with E-state index in [-0.39, 0.29) is 9.77 Å². The molecule has 1 heterocycles. The van der Waals surface area contributed by atoms with Crippen molar-refractivity contribution in [3.05, 3.63) is 45.9 Å². The number of carbonyl (C=O) groups is 1. The summed E-state index contributed by atoms with van der Waals surface area (Å²) in [5.74, 6) is -0.683. The normalized spacial score (nSPS) is 12.9. The van der Waals surface area contributed by atoms with Crippen LogP contribution in [0.25, 0.3) is 0 Å². The van der Waals surface area contributed by atoms with Gasteiger partial charge in [0.1, 0.15) is 9.88 Å². The number of aromatic nitrogens is 1. The Morgan fingerprint density at radius 2 is 1.95 bits per heavy atom. The van der Waals surface area contributed by atoms with Gasteiger partial charge in [0.15, 0.2) is 0 Å². The van der Waals surface area contributed by atoms with E-state index in [0.29, 0.717) is 5.01 Å². The number of nitrogens with zero attached hydrogens (tertiary/aromatic N) is 1. The van der Waals surface area contributed by atoms with Crippen LogP contribution in [-0.4, -0.2) is 24.5 Å². The van der Waals surface area contributed by atoms with Crippen molar-refractivity contribution in [2.24, 2.45) is 0 Å². The first kappa shape index (κ1) is 16.6. The van der Waals surface area contributed by atoms with Gasteiger partial charge in [-0.25, -0.2) is 23.6 Å². The number of sulfonamides is 1. The molecule has 1 aromatic carbocycles. The molecule has 2 aromatic rings. The fourth-order valence-corrected chi connectivity index (χ4v) is 3.81. The number of benzene rings is 1. The Morgan fingerprint density at radius 3 is 2.55 bits per heavy atom. The van der Waals surface area contributed by atoms with Crippen LogP contribution in [0.5, 0.6) is 0 Å². The highest BCUT2D eigenvalue weighted by Crippen LogP contribution is 2.22. The van der Waals surface area contributed by atoms with Crippen molar-refractivity contribution in [1.29, 1.82) is 0 Å². The van der Waals surface area contributed by atoms with Crippen LogP contribution in [0, 0.1) is 6.92 Å². The Hall–Kier alpha value is -1.81. The molecule has 0 aliphatic carbocycles. The molecule has 1 amide bonds. The lowest BCUT2D eigenvalue weighted by Crippen LogP contribution is -2.26. The van der Waals surface area contributed by atoms with Crippen LogP contribution in [-0.2, 0) is 10.0 Å². The second-order valence-electron chi connectivity index (χ2n) is 4.66. The molecule has 1 aromatic heterocycles. The molecule has 9 heteroatoms. The van der Waals surface area contributed by atoms with Gasteiger partial charge in [-0.15, -0.1) is 11.3 Å². The summed E-state index contributed by atoms with van der Waals surface area (Å²) in [5, 5.41) is 8.99. The van der Waals surface area contributed by atoms with Crippen LogP contribution in [0.2, 0.25) is 0 Å². The topological polar surface area (TPSA) is 108 Å². The molecule has 0 spiro atoms. The van der Waals surface area contributed by atoms with Crippen molar-refractivity contribution in [1.82, 2.24) is 15.2 Å². The minimum Gasteiger partial charge on any atom is -0.288 e. The van der Waals surface area contributed by atoms with Gasteiger partial charge in [0.05, 0.1) is 17.1 Å². The van der Waals surface area contributed by atoms with Crippen molar-refractivity contribution >= 4 is 27.3 Å². The molecule has 7 nitrogen and oxygen atoms in total. The lowest BCUT2D eigenvalue weighted by molar-refractivity contribution is 0.0710. The van der Waals surface area contributed by atoms with Crippen LogP contribution in [0.15, 0.2) is 35.4 Å². The third kappa shape index (κ3) is 3.69. The van der Waals surface area contributed by atoms with Crippen LogP contribution in [0.4, 0.5) is 0 Å². The number of rotatable bonds is 5. The monoisotopic (exact) mass is 341 g/mol. The fourth-order valence-electron chi connectivity index (χ4n) is 1.72. The Labute approximate surface area is 132 Å². The van der Waals surface area contributed by atoms with Crippen molar-refractivity contribution in [2.45, 2.75) is 24.8 Å². The Morgan fingerprint density at radius 1 is 1.32 bits per heavy atom. The molecule has 2 rings (SSSR count). The maximum Gasteiger partial charge on any atom is 0.286 e. The molecule has 0 aliphatic heterocycles. The number of aryl methyl sites for hydroxylation is 1. The predicted octanol–water partition coefficient (Wildman–Crippen LogP) is 1.61. The zero-order chi connectivity index (χ0) is 16.3. The molecule has 0 bridgehead atoms. The summed E-state index contributed by atoms with van der Waals surface area (Å²) in [6.07, 6.45) is 1.28. The quantitative estimate of drug-likeness (QED) is 0.565. The van der Waals surface area contributed by atoms with Crippen molar-refractivity contribution in [3.8, 4) is 0 Å². The van der Waals surface area contributed by atoms with E-state index < -0.39 is 22.0 Å². The van der Waals surface area contributed by atoms with Gasteiger partial charge in [0, 0.05) is 0 Å². The summed E-state index contributed by atoms with van der Waals surface area (Å²) in [4.78, 5) is 15.6. The first-order chi connectivity index (χ1) is 10.3. The van der Waals surface area contributed by atoms with Crippen LogP contribution in [0.1, 0.15) is 33.2 Å². The van der Waals surface area contributed by atoms with Crippen LogP contribution in [0.3, 0.4) is 0 Å². The first-order valence-corrected chi connectivity index (χ1v) is 8.62. The Balaban J connectivity index is 2.17. The Kier molecular flexibility index (Phi) is 4.91. The van der Waals surface area contributed by atoms with Gasteiger partial charge in [-0.1, -0.05) is 17.7 Å². The standard InChI is InChI=1S/C13H15N3O4S2/c1-8-3-5-10(6-4-8)22(19,20)16-9(2)13-14-7-11(21-13)12(17)15-18/h3-7,9,16,18H,1-2H3,(H,15,17). The van der Waals surface area contributed by atoms with E-state index in [1.807, 2.05) is 6.92 Å². The molecule has 1 unspecified atom stereocenters. The van der Waals surface area contributed by atoms with Crippen LogP contribution < -0.4 is 10.2 Å². The molecular weight excluding hydrogens is 326 g/mol. The van der Waals surface area contributed by atoms with Crippen LogP contribution >= 0.6 is 11.3 Å². The largest absolute Gasteiger partial charge is 0.288 e. The van der Waals surface area contributed by atoms with E-state index in [9.17, 15) is 13.2 Å². The zero-order valence-corrected chi connectivity index (χ0v) is 13.5. The molecule has 0 saturated heterocycles. The summed E-state index contributed by atoms with van der Waals surface area (Å²) in [6.45, 7) is 3.50. The maximum absolute atomic E-state index is 12.3. The van der Waals surface area contributed by atoms with Gasteiger partial charge in [-0.3, -0.25) is 10.0 Å². The van der Waals surface area contributed by atoms with Gasteiger partial charge < -0.3 is 0 Å². The summed E-state index contributed by atoms with van der Waals surface area (Å²) < 4.78 is 27.0. The molecule has 0 radical (unpaired) electrons. The van der Waals surface area contributed by atoms with Gasteiger partial charge in [-0.05, 0) is 26.0 Å². The number of hydrogen-bond acceptors (Lipinski definition) is 6. The van der Waals surface area contributed by atoms with Gasteiger partial charge in [0.2, 0.25) is 10.0 Å². The first-order valence-electron chi connectivity index (χ1n) is 6.32. The highest BCUT2D eigenvalue weighted by atomic mass is 32.2. The van der Waals surface area contributed by atoms with Gasteiger partial charge in [0.25, 0.3) is 5.91 Å². The smallest absolute Gasteiger partial charge is 0.286 e. The molecule has 1 atom stereocenters. The number of amides is 1. The number of hydroxylamine groups is 1. The van der Waals surface area contributed by atoms with Gasteiger partial charge >= 0.3 is 0 Å². The highest BCUT2D eigenvalue weighted by Gasteiger charge is 2.21. The number of nitrogens with one attached hydrogen (secondary N) is 2. The summed E-state index contributed by atoms with van der Waals surface area (Å²) in [7, 11) is -3.67. The van der Waals surface area contributed by atoms with E-state index >= 15 is 0 Å². The molecule has 22 heavy (non-hydrogen) atoms. The predicted molar refractivity (Wildman–Crippen MR) is 81.3 cm³/mol. The summed E-state index contributed by atoms with van der Waals surface area (Å²) in [5.41, 5.74) is 2.47. The lowest BCUT2D eigenvalue weighted by atomic mass is 10.2. The molecule has 118 valence electrons. The third-order valence-electron chi connectivity index (χ3n) is 2.88. The Bertz CT molecular complexity index is 769. The maximum atomic E-state index is 12.3. The van der Waals surface area contributed by atoms with E-state index in [2.05, 4.69) is 9.71 Å². The second-order valence-corrected chi connectivity index (χ2v) is 7.44. The molecule has 0 fully saturated rings. The molecule has 0 aliphatic rings. The third-order valence-corrected chi connectivity index (χ3v) is 5.62. The molecular formula is C13H15N3O4S2. The average Bonchev–Trinajstić information content (AvgIpc) is 2.96. The minimum atomic E-state index is -3.67. The van der Waals surface area contributed by atoms with E-state index in [1.165, 1.54) is 23.8 Å². The summed E-state index contributed by atoms with van der Waals surface area (Å²) in [6, 6.07) is 5.88. The fraction of sp³-hybridized carbons (Fsp3) is 0.231. The second kappa shape index (κ2) is 6.53.